The average Bonchev–Trinajstić information content (AvgIpc) is 2.61. The molecule has 0 aromatic rings. The van der Waals surface area contributed by atoms with Crippen molar-refractivity contribution in [3.8, 4) is 0 Å². The molecule has 98 valence electrons. The monoisotopic (exact) mass is 261 g/mol. The van der Waals surface area contributed by atoms with Crippen LogP contribution >= 0.6 is 0 Å². The molecule has 0 aromatic carbocycles. The Kier molecular flexibility index (Phi) is 3.38. The van der Waals surface area contributed by atoms with E-state index in [-0.39, 0.29) is 5.54 Å². The quantitative estimate of drug-likeness (QED) is 0.783. The fourth-order valence-electron chi connectivity index (χ4n) is 2.56. The summed E-state index contributed by atoms with van der Waals surface area (Å²) in [4.78, 5) is 3.63. The molecule has 2 rings (SSSR count). The van der Waals surface area contributed by atoms with Crippen LogP contribution in [0.25, 0.3) is 0 Å². The molecule has 0 aromatic heterocycles. The molecule has 3 heteroatoms. The Labute approximate surface area is 111 Å². The van der Waals surface area contributed by atoms with Crippen LogP contribution < -0.4 is 4.98 Å². The van der Waals surface area contributed by atoms with E-state index < -0.39 is 8.48 Å². The number of nitrogens with one attached hydrogen (secondary N) is 1. The van der Waals surface area contributed by atoms with E-state index in [4.69, 9.17) is 4.43 Å². The zero-order valence-electron chi connectivity index (χ0n) is 11.9. The standard InChI is InChI=1S/C15H23NOSi/c1-15(2,3)16-18(4,5)17-14-11-7-9-12-8-6-10-13(12)14/h6-12,16H,1-5H3. The van der Waals surface area contributed by atoms with Gasteiger partial charge in [-0.3, -0.25) is 0 Å². The fourth-order valence-corrected chi connectivity index (χ4v) is 5.16. The van der Waals surface area contributed by atoms with E-state index in [0.717, 1.165) is 5.76 Å². The van der Waals surface area contributed by atoms with E-state index >= 15 is 0 Å². The van der Waals surface area contributed by atoms with E-state index in [2.05, 4.69) is 75.3 Å². The molecule has 1 atom stereocenters. The number of rotatable bonds is 3. The van der Waals surface area contributed by atoms with Gasteiger partial charge in [0.15, 0.2) is 0 Å². The van der Waals surface area contributed by atoms with Crippen molar-refractivity contribution >= 4 is 8.48 Å². The van der Waals surface area contributed by atoms with Crippen molar-refractivity contribution in [1.29, 1.82) is 0 Å². The highest BCUT2D eigenvalue weighted by molar-refractivity contribution is 6.69. The molecule has 2 aliphatic carbocycles. The Morgan fingerprint density at radius 3 is 2.33 bits per heavy atom. The van der Waals surface area contributed by atoms with E-state index in [9.17, 15) is 0 Å². The molecule has 1 unspecified atom stereocenters. The Hall–Kier alpha value is -1.06. The maximum absolute atomic E-state index is 6.30. The van der Waals surface area contributed by atoms with Crippen molar-refractivity contribution in [2.75, 3.05) is 0 Å². The van der Waals surface area contributed by atoms with Gasteiger partial charge in [0.25, 0.3) is 0 Å². The van der Waals surface area contributed by atoms with Crippen molar-refractivity contribution < 1.29 is 4.43 Å². The lowest BCUT2D eigenvalue weighted by Gasteiger charge is -2.35. The summed E-state index contributed by atoms with van der Waals surface area (Å²) >= 11 is 0. The van der Waals surface area contributed by atoms with Gasteiger partial charge in [-0.05, 0) is 39.9 Å². The normalized spacial score (nSPS) is 22.6. The van der Waals surface area contributed by atoms with Crippen LogP contribution in [0.1, 0.15) is 20.8 Å². The van der Waals surface area contributed by atoms with Crippen LogP contribution in [-0.4, -0.2) is 14.0 Å². The van der Waals surface area contributed by atoms with Crippen LogP contribution in [0.2, 0.25) is 13.1 Å². The zero-order valence-corrected chi connectivity index (χ0v) is 12.9. The van der Waals surface area contributed by atoms with Gasteiger partial charge >= 0.3 is 8.48 Å². The second-order valence-electron chi connectivity index (χ2n) is 6.44. The first-order chi connectivity index (χ1) is 8.27. The lowest BCUT2D eigenvalue weighted by Crippen LogP contribution is -2.56. The minimum absolute atomic E-state index is 0.0858. The third-order valence-corrected chi connectivity index (χ3v) is 4.93. The predicted octanol–water partition coefficient (Wildman–Crippen LogP) is 3.66. The predicted molar refractivity (Wildman–Crippen MR) is 79.4 cm³/mol. The average molecular weight is 261 g/mol. The molecule has 0 saturated heterocycles. The van der Waals surface area contributed by atoms with Gasteiger partial charge in [-0.25, -0.2) is 0 Å². The first kappa shape index (κ1) is 13.4. The Bertz CT molecular complexity index is 450. The number of allylic oxidation sites excluding steroid dienone is 7. The lowest BCUT2D eigenvalue weighted by molar-refractivity contribution is 0.374. The van der Waals surface area contributed by atoms with Crippen molar-refractivity contribution in [3.05, 3.63) is 47.8 Å². The van der Waals surface area contributed by atoms with Gasteiger partial charge in [-0.1, -0.05) is 30.4 Å². The van der Waals surface area contributed by atoms with Crippen LogP contribution in [-0.2, 0) is 4.43 Å². The van der Waals surface area contributed by atoms with E-state index in [1.54, 1.807) is 0 Å². The van der Waals surface area contributed by atoms with Crippen LogP contribution in [0.5, 0.6) is 0 Å². The molecule has 0 aliphatic heterocycles. The fraction of sp³-hybridized carbons (Fsp3) is 0.467. The molecule has 0 bridgehead atoms. The molecule has 0 spiro atoms. The summed E-state index contributed by atoms with van der Waals surface area (Å²) < 4.78 is 6.30. The molecular formula is C15H23NOSi. The van der Waals surface area contributed by atoms with Gasteiger partial charge < -0.3 is 9.41 Å². The molecule has 0 amide bonds. The van der Waals surface area contributed by atoms with Crippen molar-refractivity contribution in [2.45, 2.75) is 39.4 Å². The molecule has 1 N–H and O–H groups in total. The summed E-state index contributed by atoms with van der Waals surface area (Å²) in [5.74, 6) is 1.44. The summed E-state index contributed by atoms with van der Waals surface area (Å²) in [7, 11) is -1.91. The highest BCUT2D eigenvalue weighted by Crippen LogP contribution is 2.32. The minimum Gasteiger partial charge on any atom is -0.530 e. The summed E-state index contributed by atoms with van der Waals surface area (Å²) in [6, 6.07) is 0. The second kappa shape index (κ2) is 4.56. The maximum atomic E-state index is 6.30. The molecule has 18 heavy (non-hydrogen) atoms. The Morgan fingerprint density at radius 2 is 1.72 bits per heavy atom. The third kappa shape index (κ3) is 3.24. The second-order valence-corrected chi connectivity index (χ2v) is 9.91. The lowest BCUT2D eigenvalue weighted by atomic mass is 9.97. The number of hydrogen-bond acceptors (Lipinski definition) is 2. The molecule has 0 heterocycles. The minimum atomic E-state index is -1.91. The molecule has 0 fully saturated rings. The first-order valence-corrected chi connectivity index (χ1v) is 9.43. The zero-order chi connectivity index (χ0) is 13.4. The van der Waals surface area contributed by atoms with Crippen molar-refractivity contribution in [3.63, 3.8) is 0 Å². The number of fused-ring (bicyclic) bond motifs is 1. The Morgan fingerprint density at radius 1 is 1.11 bits per heavy atom. The summed E-state index contributed by atoms with van der Waals surface area (Å²) in [6.45, 7) is 10.9. The summed E-state index contributed by atoms with van der Waals surface area (Å²) in [6.07, 6.45) is 12.8. The van der Waals surface area contributed by atoms with Gasteiger partial charge in [-0.2, -0.15) is 0 Å². The van der Waals surface area contributed by atoms with Crippen LogP contribution in [0, 0.1) is 5.92 Å². The van der Waals surface area contributed by atoms with Crippen LogP contribution in [0.15, 0.2) is 47.8 Å². The van der Waals surface area contributed by atoms with E-state index in [0.29, 0.717) is 5.92 Å². The third-order valence-electron chi connectivity index (χ3n) is 2.85. The van der Waals surface area contributed by atoms with Gasteiger partial charge in [0, 0.05) is 17.0 Å². The van der Waals surface area contributed by atoms with E-state index in [1.807, 2.05) is 0 Å². The van der Waals surface area contributed by atoms with Crippen molar-refractivity contribution in [2.24, 2.45) is 5.92 Å². The van der Waals surface area contributed by atoms with Gasteiger partial charge in [0.1, 0.15) is 5.76 Å². The molecular weight excluding hydrogens is 238 g/mol. The maximum Gasteiger partial charge on any atom is 0.322 e. The van der Waals surface area contributed by atoms with Gasteiger partial charge in [0.2, 0.25) is 0 Å². The van der Waals surface area contributed by atoms with Gasteiger partial charge in [-0.15, -0.1) is 0 Å². The number of hydrogen-bond donors (Lipinski definition) is 1. The molecule has 0 saturated carbocycles. The highest BCUT2D eigenvalue weighted by atomic mass is 28.4. The largest absolute Gasteiger partial charge is 0.530 e. The summed E-state index contributed by atoms with van der Waals surface area (Å²) in [5, 5.41) is 0. The van der Waals surface area contributed by atoms with E-state index in [1.165, 1.54) is 5.57 Å². The van der Waals surface area contributed by atoms with Gasteiger partial charge in [0.05, 0.1) is 0 Å². The SMILES string of the molecule is CC(C)(C)N[Si](C)(C)OC1=CC=CC2C=CC=C12. The topological polar surface area (TPSA) is 21.3 Å². The van der Waals surface area contributed by atoms with Crippen molar-refractivity contribution in [1.82, 2.24) is 4.98 Å². The smallest absolute Gasteiger partial charge is 0.322 e. The highest BCUT2D eigenvalue weighted by Gasteiger charge is 2.32. The molecule has 2 aliphatic rings. The Balaban J connectivity index is 2.10. The first-order valence-electron chi connectivity index (χ1n) is 6.52. The van der Waals surface area contributed by atoms with Crippen LogP contribution in [0.3, 0.4) is 0 Å². The molecule has 2 nitrogen and oxygen atoms in total. The molecule has 0 radical (unpaired) electrons. The summed E-state index contributed by atoms with van der Waals surface area (Å²) in [5.41, 5.74) is 1.37. The van der Waals surface area contributed by atoms with Crippen LogP contribution in [0.4, 0.5) is 0 Å².